The third-order valence-corrected chi connectivity index (χ3v) is 11.2. The van der Waals surface area contributed by atoms with Crippen molar-refractivity contribution in [3.63, 3.8) is 0 Å². The lowest BCUT2D eigenvalue weighted by Crippen LogP contribution is -1.94. The molecule has 0 aliphatic carbocycles. The van der Waals surface area contributed by atoms with Gasteiger partial charge in [-0.05, 0) is 163 Å². The maximum absolute atomic E-state index is 2.43. The van der Waals surface area contributed by atoms with Crippen molar-refractivity contribution in [3.05, 3.63) is 143 Å². The van der Waals surface area contributed by atoms with Gasteiger partial charge in [0.15, 0.2) is 0 Å². The second-order valence-electron chi connectivity index (χ2n) is 16.3. The van der Waals surface area contributed by atoms with E-state index >= 15 is 0 Å². The Kier molecular flexibility index (Phi) is 13.0. The summed E-state index contributed by atoms with van der Waals surface area (Å²) in [4.78, 5) is 0. The van der Waals surface area contributed by atoms with Crippen LogP contribution >= 0.6 is 0 Å². The SMILES string of the molecule is CC(C)=CCC/C(C)=C/CC/C(C)=C/Cn1ccc2c3ccc4c(ccc5c4ccc4c5ccn4C/C=C(\C)CC/C=C(\C)CCC=C(C)C)c3ccc21. The zero-order valence-corrected chi connectivity index (χ0v) is 34.4. The van der Waals surface area contributed by atoms with Gasteiger partial charge >= 0.3 is 0 Å². The van der Waals surface area contributed by atoms with Crippen LogP contribution in [0.2, 0.25) is 0 Å². The highest BCUT2D eigenvalue weighted by molar-refractivity contribution is 6.24. The lowest BCUT2D eigenvalue weighted by Gasteiger charge is -2.11. The molecule has 0 aliphatic heterocycles. The molecule has 0 unspecified atom stereocenters. The summed E-state index contributed by atoms with van der Waals surface area (Å²) in [7, 11) is 0. The fourth-order valence-electron chi connectivity index (χ4n) is 7.91. The maximum Gasteiger partial charge on any atom is 0.0489 e. The van der Waals surface area contributed by atoms with E-state index in [2.05, 4.69) is 174 Å². The molecule has 0 radical (unpaired) electrons. The van der Waals surface area contributed by atoms with Gasteiger partial charge < -0.3 is 9.13 Å². The molecule has 6 aromatic rings. The number of hydrogen-bond donors (Lipinski definition) is 0. The van der Waals surface area contributed by atoms with E-state index in [0.717, 1.165) is 64.5 Å². The van der Waals surface area contributed by atoms with Gasteiger partial charge in [0.25, 0.3) is 0 Å². The number of fused-ring (bicyclic) bond motifs is 9. The molecule has 0 amide bonds. The number of rotatable bonds is 16. The quantitative estimate of drug-likeness (QED) is 0.0698. The fourth-order valence-corrected chi connectivity index (χ4v) is 7.91. The van der Waals surface area contributed by atoms with Gasteiger partial charge in [-0.1, -0.05) is 106 Å². The monoisotopic (exact) mass is 714 g/mol. The Balaban J connectivity index is 1.15. The van der Waals surface area contributed by atoms with E-state index in [1.165, 1.54) is 87.6 Å². The highest BCUT2D eigenvalue weighted by atomic mass is 14.9. The Morgan fingerprint density at radius 2 is 0.648 bits per heavy atom. The Labute approximate surface area is 324 Å². The van der Waals surface area contributed by atoms with Crippen LogP contribution in [0.4, 0.5) is 0 Å². The van der Waals surface area contributed by atoms with Crippen LogP contribution in [0, 0.1) is 0 Å². The maximum atomic E-state index is 2.43. The molecule has 0 saturated carbocycles. The van der Waals surface area contributed by atoms with Gasteiger partial charge in [0, 0.05) is 47.3 Å². The largest absolute Gasteiger partial charge is 0.344 e. The summed E-state index contributed by atoms with van der Waals surface area (Å²) in [6, 6.07) is 23.3. The molecule has 0 bridgehead atoms. The highest BCUT2D eigenvalue weighted by Crippen LogP contribution is 2.37. The Hall–Kier alpha value is -4.82. The van der Waals surface area contributed by atoms with Crippen molar-refractivity contribution in [1.29, 1.82) is 0 Å². The Morgan fingerprint density at radius 1 is 0.352 bits per heavy atom. The topological polar surface area (TPSA) is 9.86 Å². The van der Waals surface area contributed by atoms with Gasteiger partial charge in [0.1, 0.15) is 0 Å². The number of nitrogens with zero attached hydrogens (tertiary/aromatic N) is 2. The molecule has 54 heavy (non-hydrogen) atoms. The molecular formula is C52H62N2. The normalized spacial score (nSPS) is 13.3. The van der Waals surface area contributed by atoms with Crippen LogP contribution in [0.15, 0.2) is 143 Å². The summed E-state index contributed by atoms with van der Waals surface area (Å²) >= 11 is 0. The average Bonchev–Trinajstić information content (AvgIpc) is 3.76. The first-order valence-corrected chi connectivity index (χ1v) is 20.3. The zero-order valence-electron chi connectivity index (χ0n) is 34.4. The van der Waals surface area contributed by atoms with Crippen molar-refractivity contribution in [3.8, 4) is 0 Å². The molecule has 2 nitrogen and oxygen atoms in total. The molecule has 0 saturated heterocycles. The molecule has 6 rings (SSSR count). The number of hydrogen-bond acceptors (Lipinski definition) is 0. The molecule has 2 aromatic heterocycles. The van der Waals surface area contributed by atoms with E-state index in [0.29, 0.717) is 0 Å². The van der Waals surface area contributed by atoms with Crippen molar-refractivity contribution >= 4 is 54.1 Å². The molecule has 4 aromatic carbocycles. The number of allylic oxidation sites excluding steroid dienone is 12. The van der Waals surface area contributed by atoms with Crippen molar-refractivity contribution in [2.45, 2.75) is 120 Å². The van der Waals surface area contributed by atoms with Crippen LogP contribution in [-0.4, -0.2) is 9.13 Å². The third kappa shape index (κ3) is 9.45. The van der Waals surface area contributed by atoms with Crippen LogP contribution in [-0.2, 0) is 13.1 Å². The molecule has 0 atom stereocenters. The second kappa shape index (κ2) is 18.0. The van der Waals surface area contributed by atoms with Gasteiger partial charge in [-0.2, -0.15) is 0 Å². The van der Waals surface area contributed by atoms with Crippen LogP contribution in [0.1, 0.15) is 107 Å². The molecule has 0 spiro atoms. The van der Waals surface area contributed by atoms with Gasteiger partial charge in [-0.25, -0.2) is 0 Å². The molecule has 0 fully saturated rings. The van der Waals surface area contributed by atoms with E-state index in [1.54, 1.807) is 0 Å². The van der Waals surface area contributed by atoms with Crippen molar-refractivity contribution in [1.82, 2.24) is 9.13 Å². The van der Waals surface area contributed by atoms with Gasteiger partial charge in [0.2, 0.25) is 0 Å². The van der Waals surface area contributed by atoms with Gasteiger partial charge in [-0.3, -0.25) is 0 Å². The van der Waals surface area contributed by atoms with Crippen LogP contribution in [0.3, 0.4) is 0 Å². The molecule has 2 heteroatoms. The lowest BCUT2D eigenvalue weighted by molar-refractivity contribution is 0.840. The predicted octanol–water partition coefficient (Wildman–Crippen LogP) is 15.9. The van der Waals surface area contributed by atoms with Crippen molar-refractivity contribution < 1.29 is 0 Å². The number of benzene rings is 4. The first-order valence-electron chi connectivity index (χ1n) is 20.3. The lowest BCUT2D eigenvalue weighted by atomic mass is 9.94. The Morgan fingerprint density at radius 3 is 1.00 bits per heavy atom. The van der Waals surface area contributed by atoms with E-state index in [4.69, 9.17) is 0 Å². The van der Waals surface area contributed by atoms with E-state index in [1.807, 2.05) is 0 Å². The predicted molar refractivity (Wildman–Crippen MR) is 241 cm³/mol. The summed E-state index contributed by atoms with van der Waals surface area (Å²) in [5.41, 5.74) is 11.3. The second-order valence-corrected chi connectivity index (χ2v) is 16.3. The molecule has 2 heterocycles. The van der Waals surface area contributed by atoms with Crippen LogP contribution in [0.25, 0.3) is 54.1 Å². The van der Waals surface area contributed by atoms with Gasteiger partial charge in [0.05, 0.1) is 0 Å². The first-order chi connectivity index (χ1) is 26.1. The minimum atomic E-state index is 0.904. The summed E-state index contributed by atoms with van der Waals surface area (Å²) in [6.07, 6.45) is 27.9. The average molecular weight is 715 g/mol. The third-order valence-electron chi connectivity index (χ3n) is 11.2. The fraction of sp³-hybridized carbons (Fsp3) is 0.346. The summed E-state index contributed by atoms with van der Waals surface area (Å²) in [6.45, 7) is 19.6. The van der Waals surface area contributed by atoms with Crippen molar-refractivity contribution in [2.75, 3.05) is 0 Å². The minimum absolute atomic E-state index is 0.904. The van der Waals surface area contributed by atoms with Crippen molar-refractivity contribution in [2.24, 2.45) is 0 Å². The smallest absolute Gasteiger partial charge is 0.0489 e. The molecule has 280 valence electrons. The van der Waals surface area contributed by atoms with Gasteiger partial charge in [-0.15, -0.1) is 0 Å². The zero-order chi connectivity index (χ0) is 38.2. The molecule has 0 N–H and O–H groups in total. The summed E-state index contributed by atoms with van der Waals surface area (Å²) in [5, 5.41) is 10.6. The highest BCUT2D eigenvalue weighted by Gasteiger charge is 2.12. The first kappa shape index (κ1) is 38.9. The van der Waals surface area contributed by atoms with E-state index in [-0.39, 0.29) is 0 Å². The van der Waals surface area contributed by atoms with E-state index in [9.17, 15) is 0 Å². The number of aromatic nitrogens is 2. The summed E-state index contributed by atoms with van der Waals surface area (Å²) in [5.74, 6) is 0. The van der Waals surface area contributed by atoms with E-state index < -0.39 is 0 Å². The minimum Gasteiger partial charge on any atom is -0.344 e. The molecule has 0 aliphatic rings. The standard InChI is InChI=1S/C52H62N2/c1-37(2)13-9-15-39(5)17-11-19-41(7)29-33-53-35-31-49-47-23-21-44-43(45(47)25-27-51(49)53)22-24-48-46(44)26-28-52-50(48)32-36-54(52)34-30-42(8)20-12-18-40(6)16-10-14-38(3)4/h13-14,17-18,21-32,35-36H,9-12,15-16,19-20,33-34H2,1-8H3/b39-17+,40-18+,41-29+,42-30+. The van der Waals surface area contributed by atoms with Crippen LogP contribution < -0.4 is 0 Å². The Bertz CT molecular complexity index is 2280. The summed E-state index contributed by atoms with van der Waals surface area (Å²) < 4.78 is 4.79. The van der Waals surface area contributed by atoms with Crippen LogP contribution in [0.5, 0.6) is 0 Å². The molecular weight excluding hydrogens is 653 g/mol.